The monoisotopic (exact) mass is 317 g/mol. The fourth-order valence-electron chi connectivity index (χ4n) is 2.43. The van der Waals surface area contributed by atoms with Crippen molar-refractivity contribution in [1.82, 2.24) is 15.2 Å². The number of thiazole rings is 1. The Kier molecular flexibility index (Phi) is 4.70. The van der Waals surface area contributed by atoms with Gasteiger partial charge in [-0.3, -0.25) is 9.69 Å². The number of hydrogen-bond donors (Lipinski definition) is 1. The van der Waals surface area contributed by atoms with Gasteiger partial charge in [-0.1, -0.05) is 0 Å². The van der Waals surface area contributed by atoms with Crippen molar-refractivity contribution in [3.63, 3.8) is 0 Å². The maximum Gasteiger partial charge on any atom is 0.234 e. The summed E-state index contributed by atoms with van der Waals surface area (Å²) in [6, 6.07) is 7.99. The number of aromatic nitrogens is 1. The molecule has 5 nitrogen and oxygen atoms in total. The SMILES string of the molecule is CCOc1ccc(-c2nc(CN3CCNC(=O)C3)cs2)cc1. The Balaban J connectivity index is 1.66. The lowest BCUT2D eigenvalue weighted by Crippen LogP contribution is -2.47. The van der Waals surface area contributed by atoms with E-state index in [1.165, 1.54) is 0 Å². The molecule has 1 aliphatic heterocycles. The Labute approximate surface area is 133 Å². The molecule has 0 spiro atoms. The second kappa shape index (κ2) is 6.89. The van der Waals surface area contributed by atoms with Crippen molar-refractivity contribution in [2.24, 2.45) is 0 Å². The molecule has 116 valence electrons. The maximum absolute atomic E-state index is 11.4. The van der Waals surface area contributed by atoms with Crippen LogP contribution in [0.25, 0.3) is 10.6 Å². The van der Waals surface area contributed by atoms with E-state index in [2.05, 4.69) is 20.6 Å². The van der Waals surface area contributed by atoms with Crippen molar-refractivity contribution in [1.29, 1.82) is 0 Å². The summed E-state index contributed by atoms with van der Waals surface area (Å²) in [5.74, 6) is 0.968. The van der Waals surface area contributed by atoms with E-state index in [4.69, 9.17) is 4.74 Å². The highest BCUT2D eigenvalue weighted by molar-refractivity contribution is 7.13. The van der Waals surface area contributed by atoms with Gasteiger partial charge in [-0.25, -0.2) is 4.98 Å². The van der Waals surface area contributed by atoms with Gasteiger partial charge in [0.2, 0.25) is 5.91 Å². The quantitative estimate of drug-likeness (QED) is 0.918. The summed E-state index contributed by atoms with van der Waals surface area (Å²) in [6.07, 6.45) is 0. The van der Waals surface area contributed by atoms with Gasteiger partial charge in [0.15, 0.2) is 0 Å². The van der Waals surface area contributed by atoms with Crippen LogP contribution in [-0.4, -0.2) is 42.0 Å². The largest absolute Gasteiger partial charge is 0.494 e. The lowest BCUT2D eigenvalue weighted by Gasteiger charge is -2.25. The lowest BCUT2D eigenvalue weighted by atomic mass is 10.2. The summed E-state index contributed by atoms with van der Waals surface area (Å²) in [4.78, 5) is 18.2. The molecule has 22 heavy (non-hydrogen) atoms. The minimum absolute atomic E-state index is 0.0909. The van der Waals surface area contributed by atoms with Gasteiger partial charge in [-0.05, 0) is 31.2 Å². The summed E-state index contributed by atoms with van der Waals surface area (Å²) in [6.45, 7) is 5.42. The van der Waals surface area contributed by atoms with Crippen LogP contribution in [0.1, 0.15) is 12.6 Å². The molecule has 0 radical (unpaired) electrons. The number of benzene rings is 1. The van der Waals surface area contributed by atoms with E-state index in [1.807, 2.05) is 31.2 Å². The number of amides is 1. The summed E-state index contributed by atoms with van der Waals surface area (Å²) >= 11 is 1.63. The molecular weight excluding hydrogens is 298 g/mol. The number of piperazine rings is 1. The number of ether oxygens (including phenoxy) is 1. The molecule has 1 aliphatic rings. The zero-order chi connectivity index (χ0) is 15.4. The molecule has 0 atom stereocenters. The summed E-state index contributed by atoms with van der Waals surface area (Å²) in [7, 11) is 0. The van der Waals surface area contributed by atoms with E-state index in [-0.39, 0.29) is 5.91 Å². The molecule has 2 heterocycles. The maximum atomic E-state index is 11.4. The van der Waals surface area contributed by atoms with Crippen LogP contribution in [0.5, 0.6) is 5.75 Å². The number of carbonyl (C=O) groups excluding carboxylic acids is 1. The Morgan fingerprint density at radius 3 is 2.91 bits per heavy atom. The van der Waals surface area contributed by atoms with E-state index in [1.54, 1.807) is 11.3 Å². The zero-order valence-electron chi connectivity index (χ0n) is 12.5. The number of carbonyl (C=O) groups is 1. The van der Waals surface area contributed by atoms with Crippen LogP contribution in [0, 0.1) is 0 Å². The van der Waals surface area contributed by atoms with Gasteiger partial charge in [0.25, 0.3) is 0 Å². The molecule has 6 heteroatoms. The highest BCUT2D eigenvalue weighted by Crippen LogP contribution is 2.26. The topological polar surface area (TPSA) is 54.5 Å². The van der Waals surface area contributed by atoms with Crippen LogP contribution in [-0.2, 0) is 11.3 Å². The number of rotatable bonds is 5. The van der Waals surface area contributed by atoms with Crippen LogP contribution in [0.3, 0.4) is 0 Å². The Morgan fingerprint density at radius 1 is 1.36 bits per heavy atom. The van der Waals surface area contributed by atoms with Gasteiger partial charge in [0.05, 0.1) is 18.8 Å². The van der Waals surface area contributed by atoms with Crippen molar-refractivity contribution in [2.45, 2.75) is 13.5 Å². The first kappa shape index (κ1) is 15.0. The highest BCUT2D eigenvalue weighted by atomic mass is 32.1. The second-order valence-corrected chi connectivity index (χ2v) is 6.02. The van der Waals surface area contributed by atoms with Gasteiger partial charge in [0.1, 0.15) is 10.8 Å². The summed E-state index contributed by atoms with van der Waals surface area (Å²) in [5, 5.41) is 5.90. The van der Waals surface area contributed by atoms with Crippen molar-refractivity contribution >= 4 is 17.2 Å². The Hall–Kier alpha value is -1.92. The summed E-state index contributed by atoms with van der Waals surface area (Å²) in [5.41, 5.74) is 2.11. The Bertz CT molecular complexity index is 639. The van der Waals surface area contributed by atoms with E-state index in [0.29, 0.717) is 19.7 Å². The van der Waals surface area contributed by atoms with Crippen LogP contribution < -0.4 is 10.1 Å². The van der Waals surface area contributed by atoms with Gasteiger partial charge >= 0.3 is 0 Å². The average molecular weight is 317 g/mol. The van der Waals surface area contributed by atoms with Crippen LogP contribution in [0.15, 0.2) is 29.6 Å². The molecular formula is C16H19N3O2S. The predicted octanol–water partition coefficient (Wildman–Crippen LogP) is 2.14. The first-order chi connectivity index (χ1) is 10.7. The van der Waals surface area contributed by atoms with Crippen molar-refractivity contribution < 1.29 is 9.53 Å². The van der Waals surface area contributed by atoms with Gasteiger partial charge in [-0.15, -0.1) is 11.3 Å². The normalized spacial score (nSPS) is 15.6. The Morgan fingerprint density at radius 2 is 2.18 bits per heavy atom. The standard InChI is InChI=1S/C16H19N3O2S/c1-2-21-14-5-3-12(4-6-14)16-18-13(11-22-16)9-19-8-7-17-15(20)10-19/h3-6,11H,2,7-10H2,1H3,(H,17,20). The molecule has 2 aromatic rings. The minimum Gasteiger partial charge on any atom is -0.494 e. The lowest BCUT2D eigenvalue weighted by molar-refractivity contribution is -0.124. The third kappa shape index (κ3) is 3.64. The molecule has 0 saturated carbocycles. The van der Waals surface area contributed by atoms with E-state index in [0.717, 1.165) is 35.1 Å². The molecule has 1 aromatic heterocycles. The number of hydrogen-bond acceptors (Lipinski definition) is 5. The highest BCUT2D eigenvalue weighted by Gasteiger charge is 2.17. The molecule has 1 amide bonds. The predicted molar refractivity (Wildman–Crippen MR) is 87.0 cm³/mol. The second-order valence-electron chi connectivity index (χ2n) is 5.16. The molecule has 1 N–H and O–H groups in total. The average Bonchev–Trinajstić information content (AvgIpc) is 2.97. The van der Waals surface area contributed by atoms with Crippen molar-refractivity contribution in [2.75, 3.05) is 26.2 Å². The van der Waals surface area contributed by atoms with Gasteiger partial charge in [0, 0.05) is 30.6 Å². The third-order valence-electron chi connectivity index (χ3n) is 3.47. The van der Waals surface area contributed by atoms with Crippen molar-refractivity contribution in [3.05, 3.63) is 35.3 Å². The summed E-state index contributed by atoms with van der Waals surface area (Å²) < 4.78 is 5.45. The fourth-order valence-corrected chi connectivity index (χ4v) is 3.25. The number of nitrogens with one attached hydrogen (secondary N) is 1. The van der Waals surface area contributed by atoms with Crippen LogP contribution in [0.2, 0.25) is 0 Å². The molecule has 0 bridgehead atoms. The minimum atomic E-state index is 0.0909. The molecule has 0 aliphatic carbocycles. The van der Waals surface area contributed by atoms with E-state index < -0.39 is 0 Å². The third-order valence-corrected chi connectivity index (χ3v) is 4.41. The zero-order valence-corrected chi connectivity index (χ0v) is 13.4. The van der Waals surface area contributed by atoms with Gasteiger partial charge < -0.3 is 10.1 Å². The van der Waals surface area contributed by atoms with E-state index in [9.17, 15) is 4.79 Å². The first-order valence-corrected chi connectivity index (χ1v) is 8.29. The smallest absolute Gasteiger partial charge is 0.234 e. The van der Waals surface area contributed by atoms with Crippen LogP contribution >= 0.6 is 11.3 Å². The van der Waals surface area contributed by atoms with Crippen LogP contribution in [0.4, 0.5) is 0 Å². The molecule has 1 fully saturated rings. The first-order valence-electron chi connectivity index (χ1n) is 7.41. The van der Waals surface area contributed by atoms with Gasteiger partial charge in [-0.2, -0.15) is 0 Å². The number of nitrogens with zero attached hydrogens (tertiary/aromatic N) is 2. The van der Waals surface area contributed by atoms with E-state index >= 15 is 0 Å². The molecule has 3 rings (SSSR count). The molecule has 0 unspecified atom stereocenters. The van der Waals surface area contributed by atoms with Crippen molar-refractivity contribution in [3.8, 4) is 16.3 Å². The molecule has 1 saturated heterocycles. The fraction of sp³-hybridized carbons (Fsp3) is 0.375. The molecule has 1 aromatic carbocycles.